The molecule has 2 aromatic rings. The molecule has 0 aliphatic carbocycles. The van der Waals surface area contributed by atoms with Crippen molar-refractivity contribution in [2.75, 3.05) is 13.1 Å². The second-order valence-electron chi connectivity index (χ2n) is 5.78. The summed E-state index contributed by atoms with van der Waals surface area (Å²) in [6.45, 7) is 5.56. The van der Waals surface area contributed by atoms with Crippen molar-refractivity contribution in [3.8, 4) is 0 Å². The fourth-order valence-electron chi connectivity index (χ4n) is 2.89. The Morgan fingerprint density at radius 1 is 1.24 bits per heavy atom. The van der Waals surface area contributed by atoms with Crippen LogP contribution in [0.1, 0.15) is 17.4 Å². The van der Waals surface area contributed by atoms with Gasteiger partial charge in [0.1, 0.15) is 0 Å². The van der Waals surface area contributed by atoms with Crippen molar-refractivity contribution in [3.63, 3.8) is 0 Å². The van der Waals surface area contributed by atoms with Crippen molar-refractivity contribution in [2.45, 2.75) is 32.0 Å². The van der Waals surface area contributed by atoms with E-state index in [0.717, 1.165) is 26.1 Å². The molecule has 1 aromatic heterocycles. The summed E-state index contributed by atoms with van der Waals surface area (Å²) >= 11 is 5.40. The molecule has 1 N–H and O–H groups in total. The van der Waals surface area contributed by atoms with Gasteiger partial charge in [0.25, 0.3) is 0 Å². The molecule has 1 aliphatic heterocycles. The Bertz CT molecular complexity index is 569. The number of thiophene rings is 1. The van der Waals surface area contributed by atoms with Crippen LogP contribution in [-0.2, 0) is 13.0 Å². The zero-order valence-corrected chi connectivity index (χ0v) is 14.7. The first-order chi connectivity index (χ1) is 10.2. The molecule has 3 rings (SSSR count). The van der Waals surface area contributed by atoms with E-state index in [4.69, 9.17) is 0 Å². The van der Waals surface area contributed by atoms with Gasteiger partial charge in [0.15, 0.2) is 0 Å². The molecule has 0 bridgehead atoms. The molecule has 1 aliphatic rings. The summed E-state index contributed by atoms with van der Waals surface area (Å²) in [6.07, 6.45) is 1.11. The van der Waals surface area contributed by atoms with Crippen LogP contribution in [0.5, 0.6) is 0 Å². The fourth-order valence-corrected chi connectivity index (χ4v) is 4.40. The first kappa shape index (κ1) is 15.2. The van der Waals surface area contributed by atoms with E-state index in [2.05, 4.69) is 75.5 Å². The molecule has 4 heteroatoms. The largest absolute Gasteiger partial charge is 0.311 e. The Morgan fingerprint density at radius 2 is 2.05 bits per heavy atom. The summed E-state index contributed by atoms with van der Waals surface area (Å²) in [6, 6.07) is 16.3. The van der Waals surface area contributed by atoms with Gasteiger partial charge >= 0.3 is 0 Å². The summed E-state index contributed by atoms with van der Waals surface area (Å²) in [5, 5.41) is 3.69. The van der Waals surface area contributed by atoms with Crippen LogP contribution in [0, 0.1) is 0 Å². The van der Waals surface area contributed by atoms with Gasteiger partial charge in [0, 0.05) is 36.6 Å². The molecule has 0 spiro atoms. The number of nitrogens with zero attached hydrogens (tertiary/aromatic N) is 1. The predicted molar refractivity (Wildman–Crippen MR) is 93.8 cm³/mol. The van der Waals surface area contributed by atoms with Crippen LogP contribution in [0.4, 0.5) is 0 Å². The van der Waals surface area contributed by atoms with E-state index >= 15 is 0 Å². The topological polar surface area (TPSA) is 15.3 Å². The average Bonchev–Trinajstić information content (AvgIpc) is 2.89. The van der Waals surface area contributed by atoms with Gasteiger partial charge in [-0.25, -0.2) is 0 Å². The molecule has 0 saturated carbocycles. The van der Waals surface area contributed by atoms with Crippen LogP contribution in [0.15, 0.2) is 46.3 Å². The smallest absolute Gasteiger partial charge is 0.0701 e. The average molecular weight is 365 g/mol. The quantitative estimate of drug-likeness (QED) is 0.884. The molecule has 1 aromatic carbocycles. The van der Waals surface area contributed by atoms with E-state index in [1.807, 2.05) is 11.3 Å². The molecule has 1 fully saturated rings. The molecule has 1 saturated heterocycles. The number of rotatable bonds is 4. The third-order valence-corrected chi connectivity index (χ3v) is 5.70. The molecule has 2 nitrogen and oxygen atoms in total. The summed E-state index contributed by atoms with van der Waals surface area (Å²) in [5.74, 6) is 0. The van der Waals surface area contributed by atoms with E-state index in [1.165, 1.54) is 14.2 Å². The third kappa shape index (κ3) is 4.16. The van der Waals surface area contributed by atoms with Crippen LogP contribution >= 0.6 is 27.3 Å². The third-order valence-electron chi connectivity index (χ3n) is 4.09. The number of hydrogen-bond acceptors (Lipinski definition) is 3. The monoisotopic (exact) mass is 364 g/mol. The van der Waals surface area contributed by atoms with Crippen molar-refractivity contribution in [1.29, 1.82) is 0 Å². The van der Waals surface area contributed by atoms with Gasteiger partial charge in [-0.15, -0.1) is 11.3 Å². The van der Waals surface area contributed by atoms with Crippen LogP contribution in [-0.4, -0.2) is 30.1 Å². The van der Waals surface area contributed by atoms with Crippen LogP contribution in [0.3, 0.4) is 0 Å². The van der Waals surface area contributed by atoms with Gasteiger partial charge in [-0.05, 0) is 47.0 Å². The van der Waals surface area contributed by atoms with Crippen molar-refractivity contribution < 1.29 is 0 Å². The number of piperazine rings is 1. The highest BCUT2D eigenvalue weighted by Gasteiger charge is 2.25. The Kier molecular flexibility index (Phi) is 5.11. The zero-order valence-electron chi connectivity index (χ0n) is 12.3. The molecule has 112 valence electrons. The number of benzene rings is 1. The van der Waals surface area contributed by atoms with Gasteiger partial charge in [-0.1, -0.05) is 30.3 Å². The lowest BCUT2D eigenvalue weighted by molar-refractivity contribution is 0.134. The second-order valence-corrected chi connectivity index (χ2v) is 8.33. The SMILES string of the molecule is CC1CNC(Cc2ccccc2)CN1Cc1ccc(Br)s1. The Labute approximate surface area is 139 Å². The van der Waals surface area contributed by atoms with Gasteiger partial charge in [0.05, 0.1) is 3.79 Å². The predicted octanol–water partition coefficient (Wildman–Crippen LogP) is 3.92. The normalized spacial score (nSPS) is 23.3. The highest BCUT2D eigenvalue weighted by atomic mass is 79.9. The Morgan fingerprint density at radius 3 is 2.76 bits per heavy atom. The number of nitrogens with one attached hydrogen (secondary N) is 1. The van der Waals surface area contributed by atoms with Crippen molar-refractivity contribution >= 4 is 27.3 Å². The molecule has 2 heterocycles. The van der Waals surface area contributed by atoms with E-state index < -0.39 is 0 Å². The number of halogens is 1. The van der Waals surface area contributed by atoms with E-state index in [0.29, 0.717) is 12.1 Å². The molecule has 21 heavy (non-hydrogen) atoms. The molecule has 2 atom stereocenters. The Balaban J connectivity index is 1.61. The summed E-state index contributed by atoms with van der Waals surface area (Å²) in [5.41, 5.74) is 1.42. The van der Waals surface area contributed by atoms with Crippen molar-refractivity contribution in [2.24, 2.45) is 0 Å². The molecular weight excluding hydrogens is 344 g/mol. The minimum Gasteiger partial charge on any atom is -0.311 e. The fraction of sp³-hybridized carbons (Fsp3) is 0.412. The van der Waals surface area contributed by atoms with Crippen molar-refractivity contribution in [3.05, 3.63) is 56.7 Å². The Hall–Kier alpha value is -0.680. The summed E-state index contributed by atoms with van der Waals surface area (Å²) in [7, 11) is 0. The van der Waals surface area contributed by atoms with Crippen LogP contribution in [0.25, 0.3) is 0 Å². The lowest BCUT2D eigenvalue weighted by Gasteiger charge is -2.38. The first-order valence-electron chi connectivity index (χ1n) is 7.46. The van der Waals surface area contributed by atoms with Crippen LogP contribution in [0.2, 0.25) is 0 Å². The van der Waals surface area contributed by atoms with Gasteiger partial charge in [-0.2, -0.15) is 0 Å². The lowest BCUT2D eigenvalue weighted by atomic mass is 10.0. The van der Waals surface area contributed by atoms with Gasteiger partial charge < -0.3 is 5.32 Å². The van der Waals surface area contributed by atoms with Gasteiger partial charge in [-0.3, -0.25) is 4.90 Å². The zero-order chi connectivity index (χ0) is 14.7. The summed E-state index contributed by atoms with van der Waals surface area (Å²) < 4.78 is 1.22. The standard InChI is InChI=1S/C17H21BrN2S/c1-13-10-19-15(9-14-5-3-2-4-6-14)11-20(13)12-16-7-8-17(18)21-16/h2-8,13,15,19H,9-12H2,1H3. The summed E-state index contributed by atoms with van der Waals surface area (Å²) in [4.78, 5) is 4.04. The van der Waals surface area contributed by atoms with E-state index in [1.54, 1.807) is 0 Å². The minimum atomic E-state index is 0.548. The maximum Gasteiger partial charge on any atom is 0.0701 e. The second kappa shape index (κ2) is 7.05. The van der Waals surface area contributed by atoms with Crippen LogP contribution < -0.4 is 5.32 Å². The molecule has 0 amide bonds. The maximum absolute atomic E-state index is 3.69. The molecule has 2 unspecified atom stereocenters. The lowest BCUT2D eigenvalue weighted by Crippen LogP contribution is -2.55. The maximum atomic E-state index is 3.69. The van der Waals surface area contributed by atoms with E-state index in [9.17, 15) is 0 Å². The highest BCUT2D eigenvalue weighted by Crippen LogP contribution is 2.24. The highest BCUT2D eigenvalue weighted by molar-refractivity contribution is 9.11. The van der Waals surface area contributed by atoms with Crippen molar-refractivity contribution in [1.82, 2.24) is 10.2 Å². The molecule has 0 radical (unpaired) electrons. The first-order valence-corrected chi connectivity index (χ1v) is 9.07. The van der Waals surface area contributed by atoms with Gasteiger partial charge in [0.2, 0.25) is 0 Å². The van der Waals surface area contributed by atoms with E-state index in [-0.39, 0.29) is 0 Å². The molecular formula is C17H21BrN2S. The number of hydrogen-bond donors (Lipinski definition) is 1. The minimum absolute atomic E-state index is 0.548.